The molecule has 138 valence electrons. The molecule has 1 heterocycles. The molecule has 3 rings (SSSR count). The van der Waals surface area contributed by atoms with Gasteiger partial charge >= 0.3 is 0 Å². The number of anilines is 1. The highest BCUT2D eigenvalue weighted by molar-refractivity contribution is 7.89. The zero-order chi connectivity index (χ0) is 18.6. The van der Waals surface area contributed by atoms with Crippen molar-refractivity contribution in [3.05, 3.63) is 54.1 Å². The summed E-state index contributed by atoms with van der Waals surface area (Å²) in [5.74, 6) is 0.721. The maximum Gasteiger partial charge on any atom is 0.241 e. The molecular formula is C19H22N2O4S. The van der Waals surface area contributed by atoms with Crippen LogP contribution in [-0.4, -0.2) is 34.0 Å². The summed E-state index contributed by atoms with van der Waals surface area (Å²) in [6, 6.07) is 14.3. The average Bonchev–Trinajstić information content (AvgIpc) is 3.06. The molecule has 0 saturated carbocycles. The third-order valence-electron chi connectivity index (χ3n) is 4.25. The number of para-hydroxylation sites is 1. The lowest BCUT2D eigenvalue weighted by molar-refractivity contribution is -0.117. The zero-order valence-corrected chi connectivity index (χ0v) is 15.5. The second kappa shape index (κ2) is 7.88. The van der Waals surface area contributed by atoms with E-state index < -0.39 is 10.0 Å². The Kier molecular flexibility index (Phi) is 5.58. The number of carbonyl (C=O) groups excluding carboxylic acids is 1. The van der Waals surface area contributed by atoms with E-state index in [1.54, 1.807) is 30.0 Å². The Morgan fingerprint density at radius 2 is 1.92 bits per heavy atom. The highest BCUT2D eigenvalue weighted by atomic mass is 32.2. The highest BCUT2D eigenvalue weighted by Gasteiger charge is 2.24. The van der Waals surface area contributed by atoms with Crippen molar-refractivity contribution in [1.82, 2.24) is 4.72 Å². The monoisotopic (exact) mass is 374 g/mol. The van der Waals surface area contributed by atoms with Crippen molar-refractivity contribution in [2.45, 2.75) is 24.7 Å². The molecule has 0 radical (unpaired) electrons. The summed E-state index contributed by atoms with van der Waals surface area (Å²) < 4.78 is 33.4. The van der Waals surface area contributed by atoms with Crippen molar-refractivity contribution in [3.63, 3.8) is 0 Å². The van der Waals surface area contributed by atoms with E-state index in [1.165, 1.54) is 0 Å². The molecule has 1 aliphatic rings. The first kappa shape index (κ1) is 18.4. The number of ether oxygens (including phenoxy) is 1. The molecular weight excluding hydrogens is 352 g/mol. The lowest BCUT2D eigenvalue weighted by Gasteiger charge is -2.18. The van der Waals surface area contributed by atoms with Crippen LogP contribution in [0.25, 0.3) is 0 Å². The van der Waals surface area contributed by atoms with Gasteiger partial charge in [0.2, 0.25) is 15.9 Å². The van der Waals surface area contributed by atoms with E-state index in [0.29, 0.717) is 30.0 Å². The van der Waals surface area contributed by atoms with Crippen LogP contribution in [0.4, 0.5) is 5.69 Å². The summed E-state index contributed by atoms with van der Waals surface area (Å²) in [5.41, 5.74) is 1.26. The molecule has 7 heteroatoms. The summed E-state index contributed by atoms with van der Waals surface area (Å²) >= 11 is 0. The van der Waals surface area contributed by atoms with Gasteiger partial charge in [-0.15, -0.1) is 0 Å². The van der Waals surface area contributed by atoms with Gasteiger partial charge in [0.15, 0.2) is 0 Å². The van der Waals surface area contributed by atoms with Crippen LogP contribution in [0.5, 0.6) is 5.75 Å². The van der Waals surface area contributed by atoms with E-state index in [9.17, 15) is 13.2 Å². The van der Waals surface area contributed by atoms with Gasteiger partial charge in [0, 0.05) is 25.2 Å². The molecule has 1 amide bonds. The van der Waals surface area contributed by atoms with Gasteiger partial charge in [-0.05, 0) is 43.2 Å². The lowest BCUT2D eigenvalue weighted by atomic mass is 10.2. The maximum absolute atomic E-state index is 12.6. The summed E-state index contributed by atoms with van der Waals surface area (Å²) in [7, 11) is -3.68. The minimum atomic E-state index is -3.68. The van der Waals surface area contributed by atoms with Gasteiger partial charge in [0.25, 0.3) is 0 Å². The molecule has 0 atom stereocenters. The number of carbonyl (C=O) groups is 1. The number of hydrogen-bond acceptors (Lipinski definition) is 4. The van der Waals surface area contributed by atoms with Crippen LogP contribution in [0.1, 0.15) is 18.4 Å². The standard InChI is InChI=1S/C19H22N2O4S/c1-15-9-10-16(21-12-5-8-19(21)22)14-18(15)26(23,24)20-11-13-25-17-6-3-2-4-7-17/h2-4,6-7,9-10,14,20H,5,8,11-13H2,1H3. The van der Waals surface area contributed by atoms with Gasteiger partial charge in [-0.1, -0.05) is 24.3 Å². The Morgan fingerprint density at radius 1 is 1.15 bits per heavy atom. The van der Waals surface area contributed by atoms with Crippen molar-refractivity contribution in [2.24, 2.45) is 0 Å². The first-order chi connectivity index (χ1) is 12.5. The molecule has 1 fully saturated rings. The molecule has 26 heavy (non-hydrogen) atoms. The minimum absolute atomic E-state index is 0.0291. The van der Waals surface area contributed by atoms with Crippen LogP contribution in [0, 0.1) is 6.92 Å². The topological polar surface area (TPSA) is 75.7 Å². The van der Waals surface area contributed by atoms with Crippen molar-refractivity contribution < 1.29 is 17.9 Å². The first-order valence-electron chi connectivity index (χ1n) is 8.56. The molecule has 0 unspecified atom stereocenters. The quantitative estimate of drug-likeness (QED) is 0.756. The minimum Gasteiger partial charge on any atom is -0.492 e. The summed E-state index contributed by atoms with van der Waals surface area (Å²) in [6.45, 7) is 2.75. The smallest absolute Gasteiger partial charge is 0.241 e. The van der Waals surface area contributed by atoms with Gasteiger partial charge in [-0.3, -0.25) is 4.79 Å². The summed E-state index contributed by atoms with van der Waals surface area (Å²) in [4.78, 5) is 13.7. The predicted octanol–water partition coefficient (Wildman–Crippen LogP) is 2.48. The number of nitrogens with zero attached hydrogens (tertiary/aromatic N) is 1. The van der Waals surface area contributed by atoms with Gasteiger partial charge in [0.1, 0.15) is 12.4 Å². The Labute approximate surface area is 153 Å². The van der Waals surface area contributed by atoms with Crippen LogP contribution in [0.3, 0.4) is 0 Å². The Hall–Kier alpha value is -2.38. The fourth-order valence-corrected chi connectivity index (χ4v) is 4.18. The van der Waals surface area contributed by atoms with E-state index in [0.717, 1.165) is 6.42 Å². The normalized spacial score (nSPS) is 14.7. The van der Waals surface area contributed by atoms with Gasteiger partial charge in [-0.25, -0.2) is 13.1 Å². The van der Waals surface area contributed by atoms with E-state index in [1.807, 2.05) is 30.3 Å². The molecule has 0 aromatic heterocycles. The number of aryl methyl sites for hydroxylation is 1. The molecule has 1 N–H and O–H groups in total. The largest absolute Gasteiger partial charge is 0.492 e. The highest BCUT2D eigenvalue weighted by Crippen LogP contribution is 2.26. The van der Waals surface area contributed by atoms with E-state index in [4.69, 9.17) is 4.74 Å². The molecule has 2 aromatic rings. The number of sulfonamides is 1. The third kappa shape index (κ3) is 4.23. The fourth-order valence-electron chi connectivity index (χ4n) is 2.91. The molecule has 0 aliphatic carbocycles. The van der Waals surface area contributed by atoms with Crippen LogP contribution in [0.15, 0.2) is 53.4 Å². The number of amides is 1. The summed E-state index contributed by atoms with van der Waals surface area (Å²) in [5, 5.41) is 0. The van der Waals surface area contributed by atoms with Crippen LogP contribution in [-0.2, 0) is 14.8 Å². The van der Waals surface area contributed by atoms with E-state index in [-0.39, 0.29) is 24.0 Å². The van der Waals surface area contributed by atoms with Gasteiger partial charge in [-0.2, -0.15) is 0 Å². The lowest BCUT2D eigenvalue weighted by Crippen LogP contribution is -2.29. The number of hydrogen-bond donors (Lipinski definition) is 1. The van der Waals surface area contributed by atoms with Crippen LogP contribution < -0.4 is 14.4 Å². The number of rotatable bonds is 7. The first-order valence-corrected chi connectivity index (χ1v) is 10.0. The second-order valence-corrected chi connectivity index (χ2v) is 7.89. The fraction of sp³-hybridized carbons (Fsp3) is 0.316. The van der Waals surface area contributed by atoms with Crippen molar-refractivity contribution in [1.29, 1.82) is 0 Å². The number of benzene rings is 2. The van der Waals surface area contributed by atoms with Crippen molar-refractivity contribution in [2.75, 3.05) is 24.6 Å². The third-order valence-corrected chi connectivity index (χ3v) is 5.86. The Bertz CT molecular complexity index is 882. The Morgan fingerprint density at radius 3 is 2.62 bits per heavy atom. The van der Waals surface area contributed by atoms with E-state index >= 15 is 0 Å². The average molecular weight is 374 g/mol. The molecule has 6 nitrogen and oxygen atoms in total. The van der Waals surface area contributed by atoms with Gasteiger partial charge < -0.3 is 9.64 Å². The summed E-state index contributed by atoms with van der Waals surface area (Å²) in [6.07, 6.45) is 1.30. The molecule has 0 bridgehead atoms. The SMILES string of the molecule is Cc1ccc(N2CCCC2=O)cc1S(=O)(=O)NCCOc1ccccc1. The zero-order valence-electron chi connectivity index (χ0n) is 14.6. The number of nitrogens with one attached hydrogen (secondary N) is 1. The van der Waals surface area contributed by atoms with Crippen LogP contribution in [0.2, 0.25) is 0 Å². The van der Waals surface area contributed by atoms with Crippen molar-refractivity contribution >= 4 is 21.6 Å². The Balaban J connectivity index is 1.67. The molecule has 1 saturated heterocycles. The van der Waals surface area contributed by atoms with Crippen molar-refractivity contribution in [3.8, 4) is 5.75 Å². The molecule has 0 spiro atoms. The van der Waals surface area contributed by atoms with Gasteiger partial charge in [0.05, 0.1) is 4.90 Å². The van der Waals surface area contributed by atoms with Crippen LogP contribution >= 0.6 is 0 Å². The predicted molar refractivity (Wildman–Crippen MR) is 99.9 cm³/mol. The molecule has 2 aromatic carbocycles. The molecule has 1 aliphatic heterocycles. The van der Waals surface area contributed by atoms with E-state index in [2.05, 4.69) is 4.72 Å². The second-order valence-electron chi connectivity index (χ2n) is 6.16. The maximum atomic E-state index is 12.6.